The second kappa shape index (κ2) is 8.89. The van der Waals surface area contributed by atoms with E-state index < -0.39 is 0 Å². The van der Waals surface area contributed by atoms with E-state index >= 15 is 0 Å². The molecule has 1 amide bonds. The van der Waals surface area contributed by atoms with Crippen molar-refractivity contribution in [2.24, 2.45) is 0 Å². The van der Waals surface area contributed by atoms with Gasteiger partial charge in [0.05, 0.1) is 17.1 Å². The number of hydrogen-bond acceptors (Lipinski definition) is 4. The molecular weight excluding hydrogens is 378 g/mol. The second-order valence-electron chi connectivity index (χ2n) is 6.65. The zero-order chi connectivity index (χ0) is 20.1. The van der Waals surface area contributed by atoms with Gasteiger partial charge in [-0.25, -0.2) is 4.98 Å². The second-order valence-corrected chi connectivity index (χ2v) is 7.09. The van der Waals surface area contributed by atoms with E-state index in [1.165, 1.54) is 0 Å². The summed E-state index contributed by atoms with van der Waals surface area (Å²) in [7, 11) is 0. The number of carbonyl (C=O) groups is 2. The maximum absolute atomic E-state index is 12.2. The van der Waals surface area contributed by atoms with E-state index in [9.17, 15) is 9.59 Å². The number of halogens is 1. The van der Waals surface area contributed by atoms with E-state index in [0.717, 1.165) is 16.9 Å². The summed E-state index contributed by atoms with van der Waals surface area (Å²) >= 11 is 5.85. The summed E-state index contributed by atoms with van der Waals surface area (Å²) in [4.78, 5) is 29.0. The van der Waals surface area contributed by atoms with Crippen LogP contribution in [0.4, 0.5) is 0 Å². The number of para-hydroxylation sites is 2. The molecule has 7 heteroatoms. The standard InChI is InChI=1S/C21H22ClN3O3/c1-14(2)28-20(26)13-25-18-6-4-3-5-17(18)24-19(25)11-12-23-21(27)15-7-9-16(22)10-8-15/h3-10,14H,11-13H2,1-2H3,(H,23,27). The molecule has 3 aromatic rings. The Kier molecular flexibility index (Phi) is 6.31. The largest absolute Gasteiger partial charge is 0.462 e. The fraction of sp³-hybridized carbons (Fsp3) is 0.286. The van der Waals surface area contributed by atoms with Crippen molar-refractivity contribution in [1.29, 1.82) is 0 Å². The number of benzene rings is 2. The maximum Gasteiger partial charge on any atom is 0.326 e. The van der Waals surface area contributed by atoms with Gasteiger partial charge in [-0.2, -0.15) is 0 Å². The molecular formula is C21H22ClN3O3. The van der Waals surface area contributed by atoms with Crippen LogP contribution < -0.4 is 5.32 Å². The van der Waals surface area contributed by atoms with Crippen molar-refractivity contribution < 1.29 is 14.3 Å². The van der Waals surface area contributed by atoms with Gasteiger partial charge in [0.15, 0.2) is 0 Å². The summed E-state index contributed by atoms with van der Waals surface area (Å²) in [5.41, 5.74) is 2.21. The third-order valence-electron chi connectivity index (χ3n) is 4.13. The molecule has 0 saturated carbocycles. The molecule has 0 aliphatic carbocycles. The molecule has 2 aromatic carbocycles. The smallest absolute Gasteiger partial charge is 0.326 e. The van der Waals surface area contributed by atoms with Crippen molar-refractivity contribution >= 4 is 34.5 Å². The van der Waals surface area contributed by atoms with Crippen molar-refractivity contribution in [3.05, 3.63) is 64.9 Å². The lowest BCUT2D eigenvalue weighted by Gasteiger charge is -2.12. The van der Waals surface area contributed by atoms with Gasteiger partial charge in [0.25, 0.3) is 5.91 Å². The number of esters is 1. The Hall–Kier alpha value is -2.86. The van der Waals surface area contributed by atoms with Gasteiger partial charge in [-0.3, -0.25) is 9.59 Å². The normalized spacial score (nSPS) is 11.0. The first-order valence-electron chi connectivity index (χ1n) is 9.11. The minimum Gasteiger partial charge on any atom is -0.462 e. The molecule has 0 radical (unpaired) electrons. The number of rotatable bonds is 7. The van der Waals surface area contributed by atoms with Crippen molar-refractivity contribution in [2.45, 2.75) is 32.9 Å². The van der Waals surface area contributed by atoms with Crippen LogP contribution >= 0.6 is 11.6 Å². The number of nitrogens with zero attached hydrogens (tertiary/aromatic N) is 2. The molecule has 0 spiro atoms. The van der Waals surface area contributed by atoms with Crippen LogP contribution in [0.5, 0.6) is 0 Å². The van der Waals surface area contributed by atoms with Gasteiger partial charge in [0, 0.05) is 23.6 Å². The Morgan fingerprint density at radius 2 is 1.86 bits per heavy atom. The summed E-state index contributed by atoms with van der Waals surface area (Å²) in [5, 5.41) is 3.45. The summed E-state index contributed by atoms with van der Waals surface area (Å²) in [5.74, 6) is 0.224. The van der Waals surface area contributed by atoms with Crippen LogP contribution in [0.2, 0.25) is 5.02 Å². The van der Waals surface area contributed by atoms with Crippen molar-refractivity contribution in [3.8, 4) is 0 Å². The number of ether oxygens (including phenoxy) is 1. The first-order chi connectivity index (χ1) is 13.4. The highest BCUT2D eigenvalue weighted by Gasteiger charge is 2.15. The van der Waals surface area contributed by atoms with Crippen molar-refractivity contribution in [2.75, 3.05) is 6.54 Å². The summed E-state index contributed by atoms with van der Waals surface area (Å²) in [6.45, 7) is 4.11. The Morgan fingerprint density at radius 3 is 2.57 bits per heavy atom. The molecule has 146 valence electrons. The summed E-state index contributed by atoms with van der Waals surface area (Å²) in [6, 6.07) is 14.3. The third-order valence-corrected chi connectivity index (χ3v) is 4.38. The van der Waals surface area contributed by atoms with Gasteiger partial charge in [0.2, 0.25) is 0 Å². The molecule has 0 bridgehead atoms. The average Bonchev–Trinajstić information content (AvgIpc) is 2.99. The summed E-state index contributed by atoms with van der Waals surface area (Å²) < 4.78 is 7.11. The zero-order valence-electron chi connectivity index (χ0n) is 15.8. The quantitative estimate of drug-likeness (QED) is 0.616. The van der Waals surface area contributed by atoms with E-state index in [-0.39, 0.29) is 24.5 Å². The maximum atomic E-state index is 12.2. The number of fused-ring (bicyclic) bond motifs is 1. The molecule has 0 saturated heterocycles. The predicted molar refractivity (Wildman–Crippen MR) is 108 cm³/mol. The highest BCUT2D eigenvalue weighted by molar-refractivity contribution is 6.30. The van der Waals surface area contributed by atoms with Crippen LogP contribution in [0.1, 0.15) is 30.0 Å². The molecule has 0 aliphatic rings. The Bertz CT molecular complexity index is 980. The van der Waals surface area contributed by atoms with Crippen LogP contribution in [0.15, 0.2) is 48.5 Å². The Labute approximate surface area is 168 Å². The number of imidazole rings is 1. The molecule has 6 nitrogen and oxygen atoms in total. The van der Waals surface area contributed by atoms with Gasteiger partial charge in [-0.05, 0) is 50.2 Å². The third kappa shape index (κ3) is 4.89. The SMILES string of the molecule is CC(C)OC(=O)Cn1c(CCNC(=O)c2ccc(Cl)cc2)nc2ccccc21. The van der Waals surface area contributed by atoms with Crippen LogP contribution in [0.25, 0.3) is 11.0 Å². The monoisotopic (exact) mass is 399 g/mol. The van der Waals surface area contributed by atoms with Gasteiger partial charge in [0.1, 0.15) is 12.4 Å². The van der Waals surface area contributed by atoms with E-state index in [1.54, 1.807) is 24.3 Å². The minimum atomic E-state index is -0.315. The molecule has 1 N–H and O–H groups in total. The predicted octanol–water partition coefficient (Wildman–Crippen LogP) is 3.61. The molecule has 0 atom stereocenters. The molecule has 0 unspecified atom stereocenters. The molecule has 0 fully saturated rings. The van der Waals surface area contributed by atoms with Crippen LogP contribution in [-0.4, -0.2) is 34.1 Å². The summed E-state index contributed by atoms with van der Waals surface area (Å²) in [6.07, 6.45) is 0.313. The van der Waals surface area contributed by atoms with Gasteiger partial charge in [-0.15, -0.1) is 0 Å². The van der Waals surface area contributed by atoms with Gasteiger partial charge in [-0.1, -0.05) is 23.7 Å². The van der Waals surface area contributed by atoms with E-state index in [1.807, 2.05) is 42.7 Å². The number of nitrogens with one attached hydrogen (secondary N) is 1. The topological polar surface area (TPSA) is 73.2 Å². The number of aromatic nitrogens is 2. The first kappa shape index (κ1) is 19.9. The number of hydrogen-bond donors (Lipinski definition) is 1. The van der Waals surface area contributed by atoms with Crippen LogP contribution in [0, 0.1) is 0 Å². The number of amides is 1. The Morgan fingerprint density at radius 1 is 1.14 bits per heavy atom. The molecule has 28 heavy (non-hydrogen) atoms. The lowest BCUT2D eigenvalue weighted by molar-refractivity contribution is -0.148. The average molecular weight is 400 g/mol. The number of carbonyl (C=O) groups excluding carboxylic acids is 2. The van der Waals surface area contributed by atoms with Crippen LogP contribution in [-0.2, 0) is 22.5 Å². The minimum absolute atomic E-state index is 0.0825. The van der Waals surface area contributed by atoms with E-state index in [0.29, 0.717) is 23.6 Å². The fourth-order valence-electron chi connectivity index (χ4n) is 2.91. The van der Waals surface area contributed by atoms with Crippen molar-refractivity contribution in [3.63, 3.8) is 0 Å². The fourth-order valence-corrected chi connectivity index (χ4v) is 3.04. The van der Waals surface area contributed by atoms with Crippen molar-refractivity contribution in [1.82, 2.24) is 14.9 Å². The molecule has 1 heterocycles. The first-order valence-corrected chi connectivity index (χ1v) is 9.49. The van der Waals surface area contributed by atoms with Gasteiger partial charge < -0.3 is 14.6 Å². The molecule has 3 rings (SSSR count). The van der Waals surface area contributed by atoms with E-state index in [2.05, 4.69) is 10.3 Å². The lowest BCUT2D eigenvalue weighted by Crippen LogP contribution is -2.27. The van der Waals surface area contributed by atoms with Gasteiger partial charge >= 0.3 is 5.97 Å². The lowest BCUT2D eigenvalue weighted by atomic mass is 10.2. The highest BCUT2D eigenvalue weighted by atomic mass is 35.5. The Balaban J connectivity index is 1.71. The molecule has 0 aliphatic heterocycles. The zero-order valence-corrected chi connectivity index (χ0v) is 16.6. The molecule has 1 aromatic heterocycles. The van der Waals surface area contributed by atoms with Crippen LogP contribution in [0.3, 0.4) is 0 Å². The highest BCUT2D eigenvalue weighted by Crippen LogP contribution is 2.17. The van der Waals surface area contributed by atoms with E-state index in [4.69, 9.17) is 16.3 Å².